The van der Waals surface area contributed by atoms with Gasteiger partial charge in [-0.2, -0.15) is 0 Å². The van der Waals surface area contributed by atoms with Crippen molar-refractivity contribution in [3.05, 3.63) is 0 Å². The Morgan fingerprint density at radius 2 is 1.75 bits per heavy atom. The SMILES string of the molecule is CC1CN(CC(N)C2CCCC2)CC(C)O1. The molecule has 0 aromatic heterocycles. The van der Waals surface area contributed by atoms with Crippen molar-refractivity contribution in [3.8, 4) is 0 Å². The van der Waals surface area contributed by atoms with E-state index in [0.29, 0.717) is 18.2 Å². The van der Waals surface area contributed by atoms with Crippen LogP contribution in [-0.2, 0) is 4.74 Å². The largest absolute Gasteiger partial charge is 0.373 e. The third kappa shape index (κ3) is 3.19. The number of rotatable bonds is 3. The highest BCUT2D eigenvalue weighted by atomic mass is 16.5. The molecule has 2 aliphatic rings. The van der Waals surface area contributed by atoms with E-state index in [9.17, 15) is 0 Å². The Labute approximate surface area is 99.3 Å². The number of hydrogen-bond acceptors (Lipinski definition) is 3. The van der Waals surface area contributed by atoms with Crippen molar-refractivity contribution in [2.45, 2.75) is 57.8 Å². The van der Waals surface area contributed by atoms with Gasteiger partial charge in [-0.15, -0.1) is 0 Å². The van der Waals surface area contributed by atoms with Gasteiger partial charge in [-0.3, -0.25) is 4.90 Å². The van der Waals surface area contributed by atoms with Gasteiger partial charge in [0, 0.05) is 25.7 Å². The van der Waals surface area contributed by atoms with Gasteiger partial charge in [0.25, 0.3) is 0 Å². The first kappa shape index (κ1) is 12.3. The molecule has 2 fully saturated rings. The van der Waals surface area contributed by atoms with E-state index in [0.717, 1.165) is 25.6 Å². The minimum Gasteiger partial charge on any atom is -0.373 e. The van der Waals surface area contributed by atoms with Gasteiger partial charge in [-0.05, 0) is 32.6 Å². The Morgan fingerprint density at radius 1 is 1.19 bits per heavy atom. The van der Waals surface area contributed by atoms with Gasteiger partial charge in [-0.25, -0.2) is 0 Å². The second-order valence-corrected chi connectivity index (χ2v) is 5.68. The van der Waals surface area contributed by atoms with Gasteiger partial charge in [-0.1, -0.05) is 12.8 Å². The van der Waals surface area contributed by atoms with E-state index < -0.39 is 0 Å². The summed E-state index contributed by atoms with van der Waals surface area (Å²) in [6.45, 7) is 7.46. The first-order valence-electron chi connectivity index (χ1n) is 6.78. The maximum absolute atomic E-state index is 6.32. The van der Waals surface area contributed by atoms with E-state index in [1.807, 2.05) is 0 Å². The zero-order valence-corrected chi connectivity index (χ0v) is 10.7. The van der Waals surface area contributed by atoms with Crippen LogP contribution in [0.3, 0.4) is 0 Å². The van der Waals surface area contributed by atoms with Crippen molar-refractivity contribution >= 4 is 0 Å². The van der Waals surface area contributed by atoms with E-state index in [4.69, 9.17) is 10.5 Å². The molecule has 2 N–H and O–H groups in total. The summed E-state index contributed by atoms with van der Waals surface area (Å²) in [6.07, 6.45) is 6.18. The third-order valence-electron chi connectivity index (χ3n) is 3.97. The van der Waals surface area contributed by atoms with E-state index in [1.54, 1.807) is 0 Å². The first-order valence-corrected chi connectivity index (χ1v) is 6.78. The molecule has 1 aliphatic heterocycles. The Balaban J connectivity index is 1.79. The molecule has 0 aromatic rings. The molecule has 0 bridgehead atoms. The second-order valence-electron chi connectivity index (χ2n) is 5.68. The smallest absolute Gasteiger partial charge is 0.0678 e. The predicted molar refractivity (Wildman–Crippen MR) is 66.4 cm³/mol. The molecule has 1 saturated heterocycles. The van der Waals surface area contributed by atoms with Gasteiger partial charge < -0.3 is 10.5 Å². The Hall–Kier alpha value is -0.120. The minimum absolute atomic E-state index is 0.361. The second kappa shape index (κ2) is 5.48. The quantitative estimate of drug-likeness (QED) is 0.794. The Kier molecular flexibility index (Phi) is 4.22. The fourth-order valence-electron chi connectivity index (χ4n) is 3.27. The van der Waals surface area contributed by atoms with E-state index in [2.05, 4.69) is 18.7 Å². The summed E-state index contributed by atoms with van der Waals surface area (Å²) in [4.78, 5) is 2.49. The lowest BCUT2D eigenvalue weighted by Gasteiger charge is -2.37. The summed E-state index contributed by atoms with van der Waals surface area (Å²) in [5.74, 6) is 0.772. The van der Waals surface area contributed by atoms with Crippen LogP contribution < -0.4 is 5.73 Å². The number of ether oxygens (including phenoxy) is 1. The van der Waals surface area contributed by atoms with Crippen LogP contribution in [0.4, 0.5) is 0 Å². The van der Waals surface area contributed by atoms with Gasteiger partial charge >= 0.3 is 0 Å². The normalized spacial score (nSPS) is 35.4. The molecule has 94 valence electrons. The summed E-state index contributed by atoms with van der Waals surface area (Å²) < 4.78 is 5.74. The van der Waals surface area contributed by atoms with Gasteiger partial charge in [0.1, 0.15) is 0 Å². The monoisotopic (exact) mass is 226 g/mol. The predicted octanol–water partition coefficient (Wildman–Crippen LogP) is 1.61. The minimum atomic E-state index is 0.361. The van der Waals surface area contributed by atoms with Crippen molar-refractivity contribution in [1.29, 1.82) is 0 Å². The maximum atomic E-state index is 6.32. The Morgan fingerprint density at radius 3 is 2.31 bits per heavy atom. The molecule has 1 aliphatic carbocycles. The lowest BCUT2D eigenvalue weighted by Crippen LogP contribution is -2.50. The number of nitrogens with zero attached hydrogens (tertiary/aromatic N) is 1. The molecule has 0 aromatic carbocycles. The molecule has 0 spiro atoms. The van der Waals surface area contributed by atoms with E-state index >= 15 is 0 Å². The number of hydrogen-bond donors (Lipinski definition) is 1. The fraction of sp³-hybridized carbons (Fsp3) is 1.00. The molecule has 0 radical (unpaired) electrons. The molecule has 3 heteroatoms. The Bertz CT molecular complexity index is 206. The lowest BCUT2D eigenvalue weighted by molar-refractivity contribution is -0.0701. The van der Waals surface area contributed by atoms with Crippen LogP contribution in [0.15, 0.2) is 0 Å². The van der Waals surface area contributed by atoms with Crippen LogP contribution in [0.1, 0.15) is 39.5 Å². The van der Waals surface area contributed by atoms with Crippen molar-refractivity contribution < 1.29 is 4.74 Å². The van der Waals surface area contributed by atoms with Crippen molar-refractivity contribution in [2.24, 2.45) is 11.7 Å². The van der Waals surface area contributed by atoms with E-state index in [1.165, 1.54) is 25.7 Å². The van der Waals surface area contributed by atoms with Gasteiger partial charge in [0.15, 0.2) is 0 Å². The number of morpholine rings is 1. The highest BCUT2D eigenvalue weighted by Gasteiger charge is 2.27. The molecule has 2 rings (SSSR count). The molecule has 3 nitrogen and oxygen atoms in total. The first-order chi connectivity index (χ1) is 7.65. The average molecular weight is 226 g/mol. The van der Waals surface area contributed by atoms with Crippen molar-refractivity contribution in [2.75, 3.05) is 19.6 Å². The van der Waals surface area contributed by atoms with E-state index in [-0.39, 0.29) is 0 Å². The zero-order valence-electron chi connectivity index (χ0n) is 10.7. The molecule has 1 heterocycles. The van der Waals surface area contributed by atoms with Crippen molar-refractivity contribution in [3.63, 3.8) is 0 Å². The van der Waals surface area contributed by atoms with Crippen LogP contribution >= 0.6 is 0 Å². The van der Waals surface area contributed by atoms with Gasteiger partial charge in [0.05, 0.1) is 12.2 Å². The third-order valence-corrected chi connectivity index (χ3v) is 3.97. The van der Waals surface area contributed by atoms with Crippen LogP contribution in [0.25, 0.3) is 0 Å². The summed E-state index contributed by atoms with van der Waals surface area (Å²) >= 11 is 0. The molecular weight excluding hydrogens is 200 g/mol. The number of nitrogens with two attached hydrogens (primary N) is 1. The van der Waals surface area contributed by atoms with Crippen LogP contribution in [0.5, 0.6) is 0 Å². The summed E-state index contributed by atoms with van der Waals surface area (Å²) in [5.41, 5.74) is 6.32. The standard InChI is InChI=1S/C13H26N2O/c1-10-7-15(8-11(2)16-10)9-13(14)12-5-3-4-6-12/h10-13H,3-9,14H2,1-2H3. The summed E-state index contributed by atoms with van der Waals surface area (Å²) in [5, 5.41) is 0. The topological polar surface area (TPSA) is 38.5 Å². The molecule has 1 saturated carbocycles. The lowest BCUT2D eigenvalue weighted by atomic mass is 9.98. The molecule has 3 unspecified atom stereocenters. The molecular formula is C13H26N2O. The van der Waals surface area contributed by atoms with Crippen LogP contribution in [-0.4, -0.2) is 42.8 Å². The highest BCUT2D eigenvalue weighted by molar-refractivity contribution is 4.83. The fourth-order valence-corrected chi connectivity index (χ4v) is 3.27. The molecule has 0 amide bonds. The van der Waals surface area contributed by atoms with Crippen LogP contribution in [0, 0.1) is 5.92 Å². The summed E-state index contributed by atoms with van der Waals surface area (Å²) in [6, 6.07) is 0.375. The van der Waals surface area contributed by atoms with Crippen molar-refractivity contribution in [1.82, 2.24) is 4.90 Å². The zero-order chi connectivity index (χ0) is 11.5. The summed E-state index contributed by atoms with van der Waals surface area (Å²) in [7, 11) is 0. The molecule has 16 heavy (non-hydrogen) atoms. The van der Waals surface area contributed by atoms with Gasteiger partial charge in [0.2, 0.25) is 0 Å². The maximum Gasteiger partial charge on any atom is 0.0678 e. The van der Waals surface area contributed by atoms with Crippen LogP contribution in [0.2, 0.25) is 0 Å². The molecule has 3 atom stereocenters. The highest BCUT2D eigenvalue weighted by Crippen LogP contribution is 2.27. The average Bonchev–Trinajstić information content (AvgIpc) is 2.68.